The molecule has 0 radical (unpaired) electrons. The summed E-state index contributed by atoms with van der Waals surface area (Å²) in [4.78, 5) is 11.3. The fourth-order valence-corrected chi connectivity index (χ4v) is 3.14. The molecule has 0 bridgehead atoms. The molecule has 2 rings (SSSR count). The van der Waals surface area contributed by atoms with E-state index in [1.54, 1.807) is 30.3 Å². The van der Waals surface area contributed by atoms with Crippen molar-refractivity contribution in [3.63, 3.8) is 0 Å². The Morgan fingerprint density at radius 1 is 1.24 bits per heavy atom. The van der Waals surface area contributed by atoms with Crippen LogP contribution < -0.4 is 4.74 Å². The van der Waals surface area contributed by atoms with Gasteiger partial charge >= 0.3 is 5.97 Å². The Bertz CT molecular complexity index is 683. The highest BCUT2D eigenvalue weighted by molar-refractivity contribution is 7.84. The number of ether oxygens (including phenoxy) is 1. The molecule has 110 valence electrons. The Morgan fingerprint density at radius 3 is 2.48 bits per heavy atom. The van der Waals surface area contributed by atoms with Crippen molar-refractivity contribution in [2.75, 3.05) is 7.11 Å². The van der Waals surface area contributed by atoms with E-state index in [0.717, 1.165) is 5.56 Å². The number of halogens is 1. The first-order chi connectivity index (χ1) is 10.0. The lowest BCUT2D eigenvalue weighted by atomic mass is 10.2. The first kappa shape index (κ1) is 15.5. The molecule has 6 heteroatoms. The summed E-state index contributed by atoms with van der Waals surface area (Å²) >= 11 is 5.94. The normalized spacial score (nSPS) is 11.9. The van der Waals surface area contributed by atoms with Gasteiger partial charge in [0.1, 0.15) is 5.75 Å². The lowest BCUT2D eigenvalue weighted by Crippen LogP contribution is -2.01. The molecule has 0 aliphatic carbocycles. The molecule has 1 atom stereocenters. The van der Waals surface area contributed by atoms with Gasteiger partial charge in [-0.15, -0.1) is 0 Å². The average Bonchev–Trinajstić information content (AvgIpc) is 2.47. The van der Waals surface area contributed by atoms with Crippen LogP contribution in [0.5, 0.6) is 5.75 Å². The molecule has 2 aromatic rings. The molecule has 1 N–H and O–H groups in total. The lowest BCUT2D eigenvalue weighted by molar-refractivity contribution is 0.0697. The number of hydrogen-bond acceptors (Lipinski definition) is 3. The highest BCUT2D eigenvalue weighted by atomic mass is 35.5. The van der Waals surface area contributed by atoms with E-state index in [9.17, 15) is 9.00 Å². The Labute approximate surface area is 129 Å². The molecule has 0 fully saturated rings. The van der Waals surface area contributed by atoms with E-state index >= 15 is 0 Å². The fourth-order valence-electron chi connectivity index (χ4n) is 1.83. The summed E-state index contributed by atoms with van der Waals surface area (Å²) in [7, 11) is 0.231. The molecule has 0 spiro atoms. The van der Waals surface area contributed by atoms with Crippen LogP contribution >= 0.6 is 11.6 Å². The Kier molecular flexibility index (Phi) is 4.98. The zero-order valence-corrected chi connectivity index (χ0v) is 12.8. The second kappa shape index (κ2) is 6.74. The minimum absolute atomic E-state index is 0.163. The van der Waals surface area contributed by atoms with Gasteiger partial charge in [0.15, 0.2) is 0 Å². The number of carbonyl (C=O) groups is 1. The molecule has 0 heterocycles. The number of methoxy groups -OCH3 is 1. The van der Waals surface area contributed by atoms with Crippen molar-refractivity contribution in [3.05, 3.63) is 58.6 Å². The summed E-state index contributed by atoms with van der Waals surface area (Å²) in [5.41, 5.74) is 0.904. The van der Waals surface area contributed by atoms with Crippen molar-refractivity contribution in [2.45, 2.75) is 10.6 Å². The fraction of sp³-hybridized carbons (Fsp3) is 0.133. The van der Waals surface area contributed by atoms with Crippen molar-refractivity contribution in [2.24, 2.45) is 0 Å². The van der Waals surface area contributed by atoms with Crippen molar-refractivity contribution in [1.29, 1.82) is 0 Å². The monoisotopic (exact) mass is 324 g/mol. The molecular weight excluding hydrogens is 312 g/mol. The zero-order chi connectivity index (χ0) is 15.4. The topological polar surface area (TPSA) is 63.6 Å². The van der Waals surface area contributed by atoms with Gasteiger partial charge in [-0.2, -0.15) is 0 Å². The van der Waals surface area contributed by atoms with Gasteiger partial charge in [-0.3, -0.25) is 4.21 Å². The quantitative estimate of drug-likeness (QED) is 0.916. The van der Waals surface area contributed by atoms with Crippen LogP contribution in [-0.4, -0.2) is 22.4 Å². The first-order valence-electron chi connectivity index (χ1n) is 6.05. The Morgan fingerprint density at radius 2 is 1.90 bits per heavy atom. The van der Waals surface area contributed by atoms with E-state index in [2.05, 4.69) is 0 Å². The van der Waals surface area contributed by atoms with Gasteiger partial charge in [-0.05, 0) is 42.5 Å². The van der Waals surface area contributed by atoms with Crippen molar-refractivity contribution < 1.29 is 18.8 Å². The maximum absolute atomic E-state index is 12.3. The third kappa shape index (κ3) is 3.83. The third-order valence-corrected chi connectivity index (χ3v) is 4.50. The molecule has 21 heavy (non-hydrogen) atoms. The van der Waals surface area contributed by atoms with Gasteiger partial charge in [0.2, 0.25) is 0 Å². The number of rotatable bonds is 5. The second-order valence-electron chi connectivity index (χ2n) is 4.28. The summed E-state index contributed by atoms with van der Waals surface area (Å²) in [6, 6.07) is 11.1. The smallest absolute Gasteiger partial charge is 0.335 e. The number of aromatic carboxylic acids is 1. The highest BCUT2D eigenvalue weighted by Gasteiger charge is 2.11. The highest BCUT2D eigenvalue weighted by Crippen LogP contribution is 2.25. The van der Waals surface area contributed by atoms with Crippen LogP contribution in [0.2, 0.25) is 5.02 Å². The summed E-state index contributed by atoms with van der Waals surface area (Å²) < 4.78 is 17.6. The van der Waals surface area contributed by atoms with Gasteiger partial charge in [0.05, 0.1) is 29.2 Å². The molecule has 1 unspecified atom stereocenters. The maximum Gasteiger partial charge on any atom is 0.335 e. The molecule has 0 aliphatic heterocycles. The van der Waals surface area contributed by atoms with E-state index in [4.69, 9.17) is 21.4 Å². The molecular formula is C15H13ClO4S. The van der Waals surface area contributed by atoms with Gasteiger partial charge in [-0.25, -0.2) is 4.79 Å². The predicted molar refractivity (Wildman–Crippen MR) is 81.5 cm³/mol. The number of carboxylic acid groups (broad SMARTS) is 1. The van der Waals surface area contributed by atoms with Gasteiger partial charge in [0.25, 0.3) is 0 Å². The zero-order valence-electron chi connectivity index (χ0n) is 11.2. The molecule has 0 aliphatic rings. The Hall–Kier alpha value is -1.85. The van der Waals surface area contributed by atoms with Crippen molar-refractivity contribution in [3.8, 4) is 5.75 Å². The van der Waals surface area contributed by atoms with Crippen LogP contribution in [0.4, 0.5) is 0 Å². The predicted octanol–water partition coefficient (Wildman–Crippen LogP) is 3.35. The van der Waals surface area contributed by atoms with Crippen molar-refractivity contribution in [1.82, 2.24) is 0 Å². The lowest BCUT2D eigenvalue weighted by Gasteiger charge is -2.09. The summed E-state index contributed by atoms with van der Waals surface area (Å²) in [6.45, 7) is 0. The molecule has 0 saturated heterocycles. The van der Waals surface area contributed by atoms with Crippen LogP contribution in [0, 0.1) is 0 Å². The van der Waals surface area contributed by atoms with Gasteiger partial charge in [-0.1, -0.05) is 11.6 Å². The maximum atomic E-state index is 12.3. The summed E-state index contributed by atoms with van der Waals surface area (Å²) in [5.74, 6) is -0.144. The average molecular weight is 325 g/mol. The van der Waals surface area contributed by atoms with E-state index in [-0.39, 0.29) is 11.3 Å². The summed E-state index contributed by atoms with van der Waals surface area (Å²) in [5, 5.41) is 9.39. The third-order valence-electron chi connectivity index (χ3n) is 2.89. The van der Waals surface area contributed by atoms with Gasteiger partial charge < -0.3 is 9.84 Å². The van der Waals surface area contributed by atoms with E-state index in [1.165, 1.54) is 19.2 Å². The van der Waals surface area contributed by atoms with E-state index < -0.39 is 16.8 Å². The van der Waals surface area contributed by atoms with Crippen LogP contribution in [0.15, 0.2) is 47.4 Å². The first-order valence-corrected chi connectivity index (χ1v) is 7.75. The minimum atomic E-state index is -1.31. The molecule has 4 nitrogen and oxygen atoms in total. The van der Waals surface area contributed by atoms with E-state index in [1.807, 2.05) is 0 Å². The minimum Gasteiger partial charge on any atom is -0.496 e. The number of carboxylic acids is 1. The van der Waals surface area contributed by atoms with Gasteiger partial charge in [0, 0.05) is 15.5 Å². The van der Waals surface area contributed by atoms with Crippen LogP contribution in [0.3, 0.4) is 0 Å². The van der Waals surface area contributed by atoms with Crippen molar-refractivity contribution >= 4 is 28.4 Å². The van der Waals surface area contributed by atoms with Crippen LogP contribution in [0.25, 0.3) is 0 Å². The standard InChI is InChI=1S/C15H13ClO4S/c1-20-14-7-4-12(16)8-11(14)9-21(19)13-5-2-10(3-6-13)15(17)18/h2-8H,9H2,1H3,(H,17,18). The van der Waals surface area contributed by atoms with E-state index in [0.29, 0.717) is 15.7 Å². The van der Waals surface area contributed by atoms with Crippen LogP contribution in [-0.2, 0) is 16.6 Å². The van der Waals surface area contributed by atoms with Crippen LogP contribution in [0.1, 0.15) is 15.9 Å². The largest absolute Gasteiger partial charge is 0.496 e. The Balaban J connectivity index is 2.21. The molecule has 2 aromatic carbocycles. The molecule has 0 aromatic heterocycles. The number of hydrogen-bond donors (Lipinski definition) is 1. The molecule has 0 amide bonds. The summed E-state index contributed by atoms with van der Waals surface area (Å²) in [6.07, 6.45) is 0. The SMILES string of the molecule is COc1ccc(Cl)cc1CS(=O)c1ccc(C(=O)O)cc1. The molecule has 0 saturated carbocycles. The second-order valence-corrected chi connectivity index (χ2v) is 6.16. The number of benzene rings is 2.